The standard InChI is InChI=1S/C13H18N2O3S/c1-8(2)5-15-11(16)4-3-9(13(17)18)12(15)10-6-19-7-14-10/h6-9,12H,3-5H2,1-2H3,(H,17,18). The Balaban J connectivity index is 2.35. The van der Waals surface area contributed by atoms with Gasteiger partial charge in [0.2, 0.25) is 5.91 Å². The first-order chi connectivity index (χ1) is 9.00. The molecule has 104 valence electrons. The van der Waals surface area contributed by atoms with Gasteiger partial charge in [-0.15, -0.1) is 11.3 Å². The van der Waals surface area contributed by atoms with E-state index in [0.717, 1.165) is 0 Å². The van der Waals surface area contributed by atoms with Crippen molar-refractivity contribution in [3.05, 3.63) is 16.6 Å². The molecule has 0 saturated carbocycles. The molecule has 0 bridgehead atoms. The van der Waals surface area contributed by atoms with E-state index in [1.54, 1.807) is 10.4 Å². The summed E-state index contributed by atoms with van der Waals surface area (Å²) in [6.07, 6.45) is 0.704. The number of piperidine rings is 1. The van der Waals surface area contributed by atoms with Crippen molar-refractivity contribution in [2.75, 3.05) is 6.54 Å². The molecule has 1 N–H and O–H groups in total. The molecule has 1 aliphatic heterocycles. The van der Waals surface area contributed by atoms with Crippen LogP contribution in [0.25, 0.3) is 0 Å². The molecule has 5 nitrogen and oxygen atoms in total. The maximum atomic E-state index is 12.1. The largest absolute Gasteiger partial charge is 0.481 e. The van der Waals surface area contributed by atoms with Crippen molar-refractivity contribution in [3.63, 3.8) is 0 Å². The molecule has 2 heterocycles. The first-order valence-electron chi connectivity index (χ1n) is 6.41. The second kappa shape index (κ2) is 5.69. The summed E-state index contributed by atoms with van der Waals surface area (Å²) in [4.78, 5) is 29.5. The number of hydrogen-bond acceptors (Lipinski definition) is 4. The predicted molar refractivity (Wildman–Crippen MR) is 71.8 cm³/mol. The van der Waals surface area contributed by atoms with Crippen LogP contribution in [0.4, 0.5) is 0 Å². The van der Waals surface area contributed by atoms with Gasteiger partial charge in [-0.3, -0.25) is 9.59 Å². The molecule has 0 aromatic carbocycles. The second-order valence-electron chi connectivity index (χ2n) is 5.28. The van der Waals surface area contributed by atoms with Crippen LogP contribution < -0.4 is 0 Å². The van der Waals surface area contributed by atoms with Crippen LogP contribution >= 0.6 is 11.3 Å². The van der Waals surface area contributed by atoms with E-state index in [4.69, 9.17) is 0 Å². The molecule has 2 rings (SSSR count). The van der Waals surface area contributed by atoms with E-state index in [1.165, 1.54) is 11.3 Å². The number of rotatable bonds is 4. The third-order valence-corrected chi connectivity index (χ3v) is 3.94. The van der Waals surface area contributed by atoms with Crippen molar-refractivity contribution in [2.45, 2.75) is 32.7 Å². The summed E-state index contributed by atoms with van der Waals surface area (Å²) in [5, 5.41) is 11.2. The topological polar surface area (TPSA) is 70.5 Å². The Labute approximate surface area is 116 Å². The van der Waals surface area contributed by atoms with Gasteiger partial charge in [0.15, 0.2) is 0 Å². The number of hydrogen-bond donors (Lipinski definition) is 1. The van der Waals surface area contributed by atoms with Crippen LogP contribution in [0.1, 0.15) is 38.4 Å². The zero-order valence-electron chi connectivity index (χ0n) is 11.1. The van der Waals surface area contributed by atoms with Crippen molar-refractivity contribution in [1.29, 1.82) is 0 Å². The van der Waals surface area contributed by atoms with Crippen LogP contribution in [0.3, 0.4) is 0 Å². The van der Waals surface area contributed by atoms with Crippen molar-refractivity contribution < 1.29 is 14.7 Å². The monoisotopic (exact) mass is 282 g/mol. The van der Waals surface area contributed by atoms with Crippen LogP contribution in [0.15, 0.2) is 10.9 Å². The first kappa shape index (κ1) is 14.0. The molecule has 1 fully saturated rings. The van der Waals surface area contributed by atoms with Crippen molar-refractivity contribution in [3.8, 4) is 0 Å². The average Bonchev–Trinajstić information content (AvgIpc) is 2.84. The highest BCUT2D eigenvalue weighted by Crippen LogP contribution is 2.37. The SMILES string of the molecule is CC(C)CN1C(=O)CCC(C(=O)O)C1c1cscn1. The lowest BCUT2D eigenvalue weighted by atomic mass is 9.86. The molecule has 1 aliphatic rings. The van der Waals surface area contributed by atoms with E-state index in [9.17, 15) is 14.7 Å². The Kier molecular flexibility index (Phi) is 4.19. The summed E-state index contributed by atoms with van der Waals surface area (Å²) in [7, 11) is 0. The van der Waals surface area contributed by atoms with E-state index in [0.29, 0.717) is 31.0 Å². The summed E-state index contributed by atoms with van der Waals surface area (Å²) in [6.45, 7) is 4.62. The summed E-state index contributed by atoms with van der Waals surface area (Å²) in [6, 6.07) is -0.424. The molecule has 1 saturated heterocycles. The van der Waals surface area contributed by atoms with Crippen molar-refractivity contribution in [1.82, 2.24) is 9.88 Å². The average molecular weight is 282 g/mol. The summed E-state index contributed by atoms with van der Waals surface area (Å²) in [5.41, 5.74) is 2.38. The van der Waals surface area contributed by atoms with Gasteiger partial charge in [0.05, 0.1) is 23.2 Å². The third kappa shape index (κ3) is 2.94. The third-order valence-electron chi connectivity index (χ3n) is 3.34. The smallest absolute Gasteiger partial charge is 0.309 e. The first-order valence-corrected chi connectivity index (χ1v) is 7.35. The number of carbonyl (C=O) groups excluding carboxylic acids is 1. The van der Waals surface area contributed by atoms with Gasteiger partial charge in [0.1, 0.15) is 0 Å². The molecule has 1 aromatic heterocycles. The molecular formula is C13H18N2O3S. The summed E-state index contributed by atoms with van der Waals surface area (Å²) in [5.74, 6) is -1.07. The second-order valence-corrected chi connectivity index (χ2v) is 6.00. The molecule has 19 heavy (non-hydrogen) atoms. The number of aliphatic carboxylic acids is 1. The van der Waals surface area contributed by atoms with Gasteiger partial charge < -0.3 is 10.0 Å². The van der Waals surface area contributed by atoms with E-state index in [-0.39, 0.29) is 5.91 Å². The highest BCUT2D eigenvalue weighted by Gasteiger charge is 2.41. The van der Waals surface area contributed by atoms with E-state index in [1.807, 2.05) is 19.2 Å². The molecular weight excluding hydrogens is 264 g/mol. The number of carboxylic acids is 1. The number of aromatic nitrogens is 1. The number of carbonyl (C=O) groups is 2. The van der Waals surface area contributed by atoms with E-state index in [2.05, 4.69) is 4.98 Å². The van der Waals surface area contributed by atoms with Gasteiger partial charge in [0.25, 0.3) is 0 Å². The fraction of sp³-hybridized carbons (Fsp3) is 0.615. The molecule has 1 aromatic rings. The number of nitrogens with zero attached hydrogens (tertiary/aromatic N) is 2. The van der Waals surface area contributed by atoms with Crippen LogP contribution in [0, 0.1) is 11.8 Å². The molecule has 0 radical (unpaired) electrons. The Morgan fingerprint density at radius 1 is 1.63 bits per heavy atom. The van der Waals surface area contributed by atoms with Gasteiger partial charge in [-0.05, 0) is 12.3 Å². The fourth-order valence-corrected chi connectivity index (χ4v) is 3.14. The number of thiazole rings is 1. The van der Waals surface area contributed by atoms with Crippen LogP contribution in [-0.4, -0.2) is 33.4 Å². The quantitative estimate of drug-likeness (QED) is 0.918. The van der Waals surface area contributed by atoms with Gasteiger partial charge in [-0.25, -0.2) is 4.98 Å². The van der Waals surface area contributed by atoms with Gasteiger partial charge in [-0.1, -0.05) is 13.8 Å². The number of carboxylic acid groups (broad SMARTS) is 1. The lowest BCUT2D eigenvalue weighted by molar-refractivity contribution is -0.152. The highest BCUT2D eigenvalue weighted by molar-refractivity contribution is 7.07. The van der Waals surface area contributed by atoms with Crippen LogP contribution in [0.2, 0.25) is 0 Å². The molecule has 2 atom stereocenters. The molecule has 2 unspecified atom stereocenters. The Bertz CT molecular complexity index is 458. The molecule has 0 spiro atoms. The summed E-state index contributed by atoms with van der Waals surface area (Å²) < 4.78 is 0. The van der Waals surface area contributed by atoms with Crippen LogP contribution in [-0.2, 0) is 9.59 Å². The van der Waals surface area contributed by atoms with Crippen molar-refractivity contribution >= 4 is 23.2 Å². The fourth-order valence-electron chi connectivity index (χ4n) is 2.55. The normalized spacial score (nSPS) is 23.9. The minimum absolute atomic E-state index is 0.0317. The Hall–Kier alpha value is -1.43. The lowest BCUT2D eigenvalue weighted by Gasteiger charge is -2.39. The molecule has 1 amide bonds. The minimum atomic E-state index is -0.848. The van der Waals surface area contributed by atoms with Crippen LogP contribution in [0.5, 0.6) is 0 Å². The Morgan fingerprint density at radius 2 is 2.37 bits per heavy atom. The predicted octanol–water partition coefficient (Wildman–Crippen LogP) is 2.16. The van der Waals surface area contributed by atoms with Gasteiger partial charge in [0, 0.05) is 18.3 Å². The Morgan fingerprint density at radius 3 is 2.89 bits per heavy atom. The molecule has 6 heteroatoms. The highest BCUT2D eigenvalue weighted by atomic mass is 32.1. The van der Waals surface area contributed by atoms with E-state index >= 15 is 0 Å². The zero-order chi connectivity index (χ0) is 14.0. The maximum absolute atomic E-state index is 12.1. The zero-order valence-corrected chi connectivity index (χ0v) is 11.9. The lowest BCUT2D eigenvalue weighted by Crippen LogP contribution is -2.46. The maximum Gasteiger partial charge on any atom is 0.309 e. The molecule has 0 aliphatic carbocycles. The van der Waals surface area contributed by atoms with Gasteiger partial charge in [-0.2, -0.15) is 0 Å². The van der Waals surface area contributed by atoms with Crippen molar-refractivity contribution in [2.24, 2.45) is 11.8 Å². The van der Waals surface area contributed by atoms with Gasteiger partial charge >= 0.3 is 5.97 Å². The minimum Gasteiger partial charge on any atom is -0.481 e. The van der Waals surface area contributed by atoms with E-state index < -0.39 is 17.9 Å². The number of likely N-dealkylation sites (tertiary alicyclic amines) is 1. The summed E-state index contributed by atoms with van der Waals surface area (Å²) >= 11 is 1.43. The number of amides is 1.